The minimum atomic E-state index is -3.55. The molecule has 3 aliphatic rings. The Morgan fingerprint density at radius 1 is 1.28 bits per heavy atom. The van der Waals surface area contributed by atoms with Crippen molar-refractivity contribution in [1.82, 2.24) is 9.78 Å². The number of aliphatic hydroxyl groups excluding tert-OH is 1. The molecule has 5 rings (SSSR count). The number of hydrogen-bond acceptors (Lipinski definition) is 5. The second kappa shape index (κ2) is 6.82. The zero-order valence-corrected chi connectivity index (χ0v) is 16.7. The molecular weight excluding hydrogens is 394 g/mol. The number of ether oxygens (including phenoxy) is 1. The van der Waals surface area contributed by atoms with Crippen molar-refractivity contribution in [3.05, 3.63) is 34.5 Å². The fourth-order valence-corrected chi connectivity index (χ4v) is 5.53. The van der Waals surface area contributed by atoms with Crippen molar-refractivity contribution in [2.24, 2.45) is 9.50 Å². The molecule has 0 fully saturated rings. The standard InChI is InChI=1S/C19H23N5O4S/c20-29(27,16-8-21-24-9-13(25)10-28-18(16)24)23-19(26)22-17-14-5-1-3-11(14)7-12-4-2-6-15(12)17/h7-8,13,25H,1-6,9-10H2,(H3,20,22,23,26,27). The molecule has 10 heteroatoms. The molecule has 2 atom stereocenters. The van der Waals surface area contributed by atoms with Crippen LogP contribution >= 0.6 is 0 Å². The first-order valence-electron chi connectivity index (χ1n) is 9.81. The van der Waals surface area contributed by atoms with Crippen LogP contribution in [0.15, 0.2) is 21.5 Å². The van der Waals surface area contributed by atoms with Crippen molar-refractivity contribution in [2.75, 3.05) is 11.9 Å². The smallest absolute Gasteiger partial charge is 0.354 e. The van der Waals surface area contributed by atoms with Crippen molar-refractivity contribution >= 4 is 21.6 Å². The fraction of sp³-hybridized carbons (Fsp3) is 0.474. The van der Waals surface area contributed by atoms with Crippen LogP contribution in [0.3, 0.4) is 0 Å². The molecule has 1 aromatic carbocycles. The maximum Gasteiger partial charge on any atom is 0.354 e. The lowest BCUT2D eigenvalue weighted by Gasteiger charge is -2.20. The summed E-state index contributed by atoms with van der Waals surface area (Å²) in [6, 6.07) is 1.54. The molecule has 2 aliphatic carbocycles. The lowest BCUT2D eigenvalue weighted by Crippen LogP contribution is -2.30. The molecule has 4 N–H and O–H groups in total. The monoisotopic (exact) mass is 417 g/mol. The fourth-order valence-electron chi connectivity index (χ4n) is 4.53. The van der Waals surface area contributed by atoms with Crippen molar-refractivity contribution in [1.29, 1.82) is 0 Å². The van der Waals surface area contributed by atoms with E-state index in [4.69, 9.17) is 9.88 Å². The van der Waals surface area contributed by atoms with Crippen molar-refractivity contribution in [3.8, 4) is 5.88 Å². The number of carbonyl (C=O) groups excluding carboxylic acids is 1. The molecule has 2 heterocycles. The summed E-state index contributed by atoms with van der Waals surface area (Å²) >= 11 is 0. The molecule has 0 saturated carbocycles. The number of aromatic nitrogens is 2. The Morgan fingerprint density at radius 3 is 2.66 bits per heavy atom. The summed E-state index contributed by atoms with van der Waals surface area (Å²) in [7, 11) is -3.55. The van der Waals surface area contributed by atoms with E-state index in [-0.39, 0.29) is 23.9 Å². The molecule has 29 heavy (non-hydrogen) atoms. The Kier molecular flexibility index (Phi) is 4.37. The largest absolute Gasteiger partial charge is 0.474 e. The molecule has 2 amide bonds. The van der Waals surface area contributed by atoms with Crippen LogP contribution in [0.1, 0.15) is 35.1 Å². The van der Waals surface area contributed by atoms with Crippen molar-refractivity contribution in [2.45, 2.75) is 56.1 Å². The summed E-state index contributed by atoms with van der Waals surface area (Å²) in [5.41, 5.74) is 5.72. The van der Waals surface area contributed by atoms with E-state index < -0.39 is 22.1 Å². The molecule has 9 nitrogen and oxygen atoms in total. The highest BCUT2D eigenvalue weighted by molar-refractivity contribution is 7.91. The highest BCUT2D eigenvalue weighted by atomic mass is 32.2. The Bertz CT molecular complexity index is 1100. The SMILES string of the molecule is NS(=O)(=NC(=O)Nc1c2c(cc3c1CCC3)CCC2)c1cnn2c1OCC(O)C2. The van der Waals surface area contributed by atoms with Crippen LogP contribution in [-0.2, 0) is 42.1 Å². The van der Waals surface area contributed by atoms with Crippen LogP contribution in [-0.4, -0.2) is 37.8 Å². The van der Waals surface area contributed by atoms with Gasteiger partial charge in [0.25, 0.3) is 0 Å². The zero-order chi connectivity index (χ0) is 20.2. The van der Waals surface area contributed by atoms with Gasteiger partial charge >= 0.3 is 6.03 Å². The van der Waals surface area contributed by atoms with Gasteiger partial charge in [-0.05, 0) is 60.8 Å². The third-order valence-corrected chi connectivity index (χ3v) is 7.14. The van der Waals surface area contributed by atoms with Gasteiger partial charge in [-0.1, -0.05) is 6.07 Å². The van der Waals surface area contributed by atoms with Gasteiger partial charge in [-0.3, -0.25) is 0 Å². The van der Waals surface area contributed by atoms with Gasteiger partial charge in [-0.2, -0.15) is 5.10 Å². The number of urea groups is 1. The minimum Gasteiger partial charge on any atom is -0.474 e. The number of nitrogens with one attached hydrogen (secondary N) is 1. The Balaban J connectivity index is 1.47. The lowest BCUT2D eigenvalue weighted by atomic mass is 9.99. The molecule has 0 spiro atoms. The first kappa shape index (κ1) is 18.6. The molecule has 1 aromatic heterocycles. The van der Waals surface area contributed by atoms with Gasteiger partial charge in [-0.25, -0.2) is 18.8 Å². The molecule has 2 aromatic rings. The van der Waals surface area contributed by atoms with E-state index in [1.54, 1.807) is 0 Å². The average molecular weight is 417 g/mol. The number of nitrogens with two attached hydrogens (primary N) is 1. The maximum absolute atomic E-state index is 13.0. The van der Waals surface area contributed by atoms with Crippen LogP contribution in [0.2, 0.25) is 0 Å². The molecule has 1 aliphatic heterocycles. The van der Waals surface area contributed by atoms with E-state index in [9.17, 15) is 14.1 Å². The average Bonchev–Trinajstić information content (AvgIpc) is 3.39. The van der Waals surface area contributed by atoms with Gasteiger partial charge in [-0.15, -0.1) is 4.36 Å². The van der Waals surface area contributed by atoms with Gasteiger partial charge in [0.1, 0.15) is 17.6 Å². The summed E-state index contributed by atoms with van der Waals surface area (Å²) in [6.45, 7) is 0.252. The van der Waals surface area contributed by atoms with Crippen LogP contribution < -0.4 is 15.2 Å². The molecule has 2 unspecified atom stereocenters. The molecule has 154 valence electrons. The van der Waals surface area contributed by atoms with E-state index in [0.29, 0.717) is 0 Å². The van der Waals surface area contributed by atoms with Gasteiger partial charge in [0.05, 0.1) is 12.7 Å². The minimum absolute atomic E-state index is 0.0443. The van der Waals surface area contributed by atoms with Crippen LogP contribution in [0.4, 0.5) is 10.5 Å². The van der Waals surface area contributed by atoms with E-state index in [0.717, 1.165) is 55.3 Å². The predicted molar refractivity (Wildman–Crippen MR) is 106 cm³/mol. The Hall–Kier alpha value is -2.43. The summed E-state index contributed by atoms with van der Waals surface area (Å²) in [4.78, 5) is 12.8. The summed E-state index contributed by atoms with van der Waals surface area (Å²) in [6.07, 6.45) is 6.59. The number of carbonyl (C=O) groups is 1. The molecule has 0 bridgehead atoms. The number of benzene rings is 1. The summed E-state index contributed by atoms with van der Waals surface area (Å²) in [5, 5.41) is 22.5. The van der Waals surface area contributed by atoms with E-state index in [2.05, 4.69) is 20.8 Å². The number of hydrogen-bond donors (Lipinski definition) is 3. The third kappa shape index (κ3) is 3.21. The Morgan fingerprint density at radius 2 is 1.97 bits per heavy atom. The lowest BCUT2D eigenvalue weighted by molar-refractivity contribution is 0.0538. The second-order valence-electron chi connectivity index (χ2n) is 7.79. The summed E-state index contributed by atoms with van der Waals surface area (Å²) in [5.74, 6) is 0.181. The number of amides is 2. The molecule has 0 saturated heterocycles. The normalized spacial score (nSPS) is 21.5. The third-order valence-electron chi connectivity index (χ3n) is 5.79. The first-order valence-corrected chi connectivity index (χ1v) is 11.4. The quantitative estimate of drug-likeness (QED) is 0.682. The first-order chi connectivity index (χ1) is 13.9. The van der Waals surface area contributed by atoms with Gasteiger partial charge in [0, 0.05) is 5.69 Å². The van der Waals surface area contributed by atoms with Gasteiger partial charge in [0.15, 0.2) is 9.92 Å². The highest BCUT2D eigenvalue weighted by Gasteiger charge is 2.28. The maximum atomic E-state index is 13.0. The topological polar surface area (TPSA) is 132 Å². The second-order valence-corrected chi connectivity index (χ2v) is 9.54. The number of nitrogens with zero attached hydrogens (tertiary/aromatic N) is 3. The summed E-state index contributed by atoms with van der Waals surface area (Å²) < 4.78 is 23.6. The van der Waals surface area contributed by atoms with Gasteiger partial charge < -0.3 is 15.2 Å². The molecular formula is C19H23N5O4S. The number of anilines is 1. The van der Waals surface area contributed by atoms with E-state index in [1.165, 1.54) is 22.0 Å². The highest BCUT2D eigenvalue weighted by Crippen LogP contribution is 2.38. The number of aliphatic hydroxyl groups is 1. The number of rotatable bonds is 2. The number of fused-ring (bicyclic) bond motifs is 3. The van der Waals surface area contributed by atoms with Gasteiger partial charge in [0.2, 0.25) is 5.88 Å². The predicted octanol–water partition coefficient (Wildman–Crippen LogP) is 1.55. The van der Waals surface area contributed by atoms with Crippen LogP contribution in [0.5, 0.6) is 5.88 Å². The van der Waals surface area contributed by atoms with E-state index >= 15 is 0 Å². The van der Waals surface area contributed by atoms with Crippen molar-refractivity contribution < 1.29 is 18.8 Å². The zero-order valence-electron chi connectivity index (χ0n) is 15.9. The van der Waals surface area contributed by atoms with E-state index in [1.807, 2.05) is 0 Å². The van der Waals surface area contributed by atoms with Crippen LogP contribution in [0, 0.1) is 0 Å². The van der Waals surface area contributed by atoms with Crippen molar-refractivity contribution in [3.63, 3.8) is 0 Å². The molecule has 0 radical (unpaired) electrons. The Labute approximate surface area is 168 Å². The number of aryl methyl sites for hydroxylation is 2. The van der Waals surface area contributed by atoms with Crippen LogP contribution in [0.25, 0.3) is 0 Å².